The minimum atomic E-state index is -4.23. The number of aromatic nitrogens is 5. The first kappa shape index (κ1) is 18.3. The molecule has 2 aromatic heterocycles. The Morgan fingerprint density at radius 1 is 1.20 bits per heavy atom. The highest BCUT2D eigenvalue weighted by atomic mass is 35.5. The zero-order valence-corrected chi connectivity index (χ0v) is 20.4. The van der Waals surface area contributed by atoms with Crippen molar-refractivity contribution in [3.63, 3.8) is 0 Å². The van der Waals surface area contributed by atoms with Crippen LogP contribution < -0.4 is 14.2 Å². The molecular formula is C22H27ClN6O5S. The van der Waals surface area contributed by atoms with Crippen LogP contribution in [0.4, 0.5) is 5.95 Å². The molecule has 1 aliphatic rings. The maximum atomic E-state index is 13.6. The number of para-hydroxylation sites is 1. The number of hydrogen-bond donors (Lipinski definition) is 1. The van der Waals surface area contributed by atoms with Gasteiger partial charge in [-0.3, -0.25) is 9.29 Å². The maximum absolute atomic E-state index is 13.6. The molecule has 188 valence electrons. The molecule has 0 amide bonds. The van der Waals surface area contributed by atoms with Gasteiger partial charge in [-0.1, -0.05) is 24.6 Å². The van der Waals surface area contributed by atoms with Crippen LogP contribution in [0, 0.1) is 0 Å². The summed E-state index contributed by atoms with van der Waals surface area (Å²) in [4.78, 5) is 8.22. The van der Waals surface area contributed by atoms with E-state index in [9.17, 15) is 8.42 Å². The van der Waals surface area contributed by atoms with Gasteiger partial charge in [0.25, 0.3) is 0 Å². The fraction of sp³-hybridized carbons (Fsp3) is 0.455. The van der Waals surface area contributed by atoms with Crippen molar-refractivity contribution >= 4 is 27.6 Å². The average molecular weight is 529 g/mol. The quantitative estimate of drug-likeness (QED) is 0.445. The second-order valence-electron chi connectivity index (χ2n) is 7.99. The molecule has 0 aliphatic carbocycles. The number of anilines is 1. The highest BCUT2D eigenvalue weighted by molar-refractivity contribution is 7.93. The van der Waals surface area contributed by atoms with Gasteiger partial charge >= 0.3 is 0 Å². The highest BCUT2D eigenvalue weighted by Gasteiger charge is 2.34. The summed E-state index contributed by atoms with van der Waals surface area (Å²) in [5.74, 6) is -1.64. The van der Waals surface area contributed by atoms with E-state index in [0.29, 0.717) is 18.1 Å². The normalized spacial score (nSPS) is 20.9. The number of rotatable bonds is 9. The molecule has 4 rings (SSSR count). The van der Waals surface area contributed by atoms with Gasteiger partial charge in [0, 0.05) is 30.8 Å². The summed E-state index contributed by atoms with van der Waals surface area (Å²) in [6.45, 7) is 3.68. The molecule has 0 spiro atoms. The lowest BCUT2D eigenvalue weighted by Crippen LogP contribution is -2.31. The van der Waals surface area contributed by atoms with E-state index in [1.165, 1.54) is 42.1 Å². The number of methoxy groups -OCH3 is 2. The number of nitrogens with zero attached hydrogens (tertiary/aromatic N) is 5. The maximum Gasteiger partial charge on any atom is 0.243 e. The SMILES string of the molecule is [2H]C([2H])([2H])Oc1cccc(OC([2H])([2H])[2H])c1-n1c(NS(=O)(=O)[C@@H](C)[C@H](C)c2ncc(Cl)cn2)nnc1[C@@H]1CCOC1. The molecular weight excluding hydrogens is 496 g/mol. The van der Waals surface area contributed by atoms with E-state index in [1.54, 1.807) is 6.92 Å². The largest absolute Gasteiger partial charge is 0.494 e. The standard InChI is InChI=1S/C22H27ClN6O5S/c1-13(20-24-10-16(23)11-25-20)14(2)35(30,31)28-22-27-26-21(15-8-9-34-12-15)29(22)19-17(32-3)6-5-7-18(19)33-4/h5-7,10-11,13-15H,8-9,12H2,1-4H3,(H,27,28)/t13-,14-,15+/m0/s1/i3D3,4D3. The van der Waals surface area contributed by atoms with E-state index < -0.39 is 35.3 Å². The van der Waals surface area contributed by atoms with Gasteiger partial charge in [-0.05, 0) is 25.5 Å². The highest BCUT2D eigenvalue weighted by Crippen LogP contribution is 2.38. The van der Waals surface area contributed by atoms with E-state index in [2.05, 4.69) is 24.9 Å². The lowest BCUT2D eigenvalue weighted by Gasteiger charge is -2.22. The molecule has 0 saturated carbocycles. The molecule has 35 heavy (non-hydrogen) atoms. The van der Waals surface area contributed by atoms with Gasteiger partial charge in [0.2, 0.25) is 16.0 Å². The van der Waals surface area contributed by atoms with Crippen molar-refractivity contribution in [3.8, 4) is 17.2 Å². The minimum absolute atomic E-state index is 0.180. The number of hydrogen-bond acceptors (Lipinski definition) is 9. The molecule has 0 bridgehead atoms. The van der Waals surface area contributed by atoms with Crippen LogP contribution in [0.25, 0.3) is 5.69 Å². The predicted molar refractivity (Wildman–Crippen MR) is 130 cm³/mol. The average Bonchev–Trinajstić information content (AvgIpc) is 3.52. The van der Waals surface area contributed by atoms with Crippen molar-refractivity contribution in [1.29, 1.82) is 0 Å². The molecule has 0 radical (unpaired) electrons. The molecule has 3 aromatic rings. The van der Waals surface area contributed by atoms with Crippen molar-refractivity contribution in [2.24, 2.45) is 0 Å². The van der Waals surface area contributed by atoms with E-state index in [0.717, 1.165) is 0 Å². The second-order valence-corrected chi connectivity index (χ2v) is 10.5. The van der Waals surface area contributed by atoms with E-state index in [4.69, 9.17) is 34.0 Å². The lowest BCUT2D eigenvalue weighted by molar-refractivity contribution is 0.193. The minimum Gasteiger partial charge on any atom is -0.494 e. The Kier molecular flexibility index (Phi) is 5.42. The Balaban J connectivity index is 1.85. The van der Waals surface area contributed by atoms with Gasteiger partial charge in [0.05, 0.1) is 39.2 Å². The van der Waals surface area contributed by atoms with Gasteiger partial charge < -0.3 is 14.2 Å². The van der Waals surface area contributed by atoms with Crippen LogP contribution >= 0.6 is 11.6 Å². The van der Waals surface area contributed by atoms with E-state index >= 15 is 0 Å². The van der Waals surface area contributed by atoms with Gasteiger partial charge in [-0.2, -0.15) is 0 Å². The van der Waals surface area contributed by atoms with Crippen molar-refractivity contribution in [2.45, 2.75) is 37.4 Å². The monoisotopic (exact) mass is 528 g/mol. The van der Waals surface area contributed by atoms with Crippen molar-refractivity contribution in [1.82, 2.24) is 24.7 Å². The van der Waals surface area contributed by atoms with Crippen molar-refractivity contribution < 1.29 is 30.9 Å². The Bertz CT molecular complexity index is 1450. The Morgan fingerprint density at radius 3 is 2.49 bits per heavy atom. The van der Waals surface area contributed by atoms with Crippen molar-refractivity contribution in [2.75, 3.05) is 32.0 Å². The van der Waals surface area contributed by atoms with Crippen LogP contribution in [0.1, 0.15) is 52.0 Å². The molecule has 1 N–H and O–H groups in total. The molecule has 0 unspecified atom stereocenters. The lowest BCUT2D eigenvalue weighted by atomic mass is 10.1. The van der Waals surface area contributed by atoms with Gasteiger partial charge in [0.1, 0.15) is 28.8 Å². The van der Waals surface area contributed by atoms with Crippen LogP contribution in [0.15, 0.2) is 30.6 Å². The van der Waals surface area contributed by atoms with E-state index in [1.807, 2.05) is 0 Å². The Labute approximate surface area is 217 Å². The topological polar surface area (TPSA) is 130 Å². The third-order valence-corrected chi connectivity index (χ3v) is 7.91. The first-order chi connectivity index (χ1) is 19.1. The van der Waals surface area contributed by atoms with Crippen molar-refractivity contribution in [3.05, 3.63) is 47.3 Å². The van der Waals surface area contributed by atoms with Crippen LogP contribution in [-0.4, -0.2) is 65.7 Å². The summed E-state index contributed by atoms with van der Waals surface area (Å²) in [5.41, 5.74) is -0.217. The van der Waals surface area contributed by atoms with Crippen LogP contribution in [0.3, 0.4) is 0 Å². The Hall–Kier alpha value is -2.96. The predicted octanol–water partition coefficient (Wildman–Crippen LogP) is 3.17. The fourth-order valence-corrected chi connectivity index (χ4v) is 5.06. The number of ether oxygens (including phenoxy) is 3. The summed E-state index contributed by atoms with van der Waals surface area (Å²) < 4.78 is 92.4. The van der Waals surface area contributed by atoms with Crippen LogP contribution in [0.2, 0.25) is 5.02 Å². The number of halogens is 1. The first-order valence-electron chi connectivity index (χ1n) is 13.6. The summed E-state index contributed by atoms with van der Waals surface area (Å²) in [6.07, 6.45) is 3.20. The summed E-state index contributed by atoms with van der Waals surface area (Å²) >= 11 is 5.86. The summed E-state index contributed by atoms with van der Waals surface area (Å²) in [6, 6.07) is 3.90. The molecule has 1 aliphatic heterocycles. The zero-order chi connectivity index (χ0) is 30.2. The fourth-order valence-electron chi connectivity index (χ4n) is 3.73. The Morgan fingerprint density at radius 2 is 1.89 bits per heavy atom. The second kappa shape index (κ2) is 10.3. The number of nitrogens with one attached hydrogen (secondary N) is 1. The smallest absolute Gasteiger partial charge is 0.243 e. The summed E-state index contributed by atoms with van der Waals surface area (Å²) in [5, 5.41) is 7.42. The molecule has 3 heterocycles. The third-order valence-electron chi connectivity index (χ3n) is 5.86. The van der Waals surface area contributed by atoms with Gasteiger partial charge in [-0.25, -0.2) is 18.4 Å². The molecule has 13 heteroatoms. The van der Waals surface area contributed by atoms with Gasteiger partial charge in [-0.15, -0.1) is 10.2 Å². The number of benzene rings is 1. The van der Waals surface area contributed by atoms with Crippen LogP contribution in [0.5, 0.6) is 11.5 Å². The molecule has 1 aromatic carbocycles. The summed E-state index contributed by atoms with van der Waals surface area (Å²) in [7, 11) is -10.1. The molecule has 3 atom stereocenters. The van der Waals surface area contributed by atoms with Crippen LogP contribution in [-0.2, 0) is 14.8 Å². The zero-order valence-electron chi connectivity index (χ0n) is 24.8. The molecule has 11 nitrogen and oxygen atoms in total. The van der Waals surface area contributed by atoms with Gasteiger partial charge in [0.15, 0.2) is 0 Å². The third kappa shape index (κ3) is 5.04. The first-order valence-corrected chi connectivity index (χ1v) is 12.5. The van der Waals surface area contributed by atoms with E-state index in [-0.39, 0.29) is 47.3 Å². The number of sulfonamides is 1. The molecule has 1 saturated heterocycles. The molecule has 1 fully saturated rings.